The largest absolute Gasteiger partial charge is 0.383 e. The van der Waals surface area contributed by atoms with Gasteiger partial charge >= 0.3 is 0 Å². The van der Waals surface area contributed by atoms with Crippen molar-refractivity contribution < 1.29 is 18.7 Å². The Morgan fingerprint density at radius 1 is 0.971 bits per heavy atom. The fourth-order valence-corrected chi connectivity index (χ4v) is 3.60. The van der Waals surface area contributed by atoms with Gasteiger partial charge in [0.2, 0.25) is 11.9 Å². The Morgan fingerprint density at radius 3 is 2.31 bits per heavy atom. The number of carbonyl (C=O) groups is 2. The van der Waals surface area contributed by atoms with Crippen molar-refractivity contribution >= 4 is 17.8 Å². The van der Waals surface area contributed by atoms with Crippen LogP contribution in [-0.4, -0.2) is 53.1 Å². The number of carbonyl (C=O) groups excluding carboxylic acids is 2. The van der Waals surface area contributed by atoms with E-state index in [9.17, 15) is 14.0 Å². The van der Waals surface area contributed by atoms with Crippen LogP contribution in [0.3, 0.4) is 0 Å². The predicted molar refractivity (Wildman–Crippen MR) is 132 cm³/mol. The molecule has 4 aromatic rings. The Kier molecular flexibility index (Phi) is 7.64. The van der Waals surface area contributed by atoms with E-state index in [2.05, 4.69) is 10.3 Å². The maximum atomic E-state index is 14.2. The minimum atomic E-state index is -0.646. The standard InChI is InChI=1S/C27H25FN4O3/c1-35-17-16-31(26(34)22-14-8-9-15-23(22)28)19-25(33)30-27-29-24(20-10-4-2-5-11-20)18-32(27)21-12-6-3-7-13-21/h2-15,18H,16-17,19H2,1H3,(H,29,30,33). The van der Waals surface area contributed by atoms with Crippen molar-refractivity contribution in [1.82, 2.24) is 14.5 Å². The van der Waals surface area contributed by atoms with Gasteiger partial charge in [-0.25, -0.2) is 9.37 Å². The Morgan fingerprint density at radius 2 is 1.63 bits per heavy atom. The molecule has 7 nitrogen and oxygen atoms in total. The molecule has 4 rings (SSSR count). The van der Waals surface area contributed by atoms with Gasteiger partial charge in [0.25, 0.3) is 5.91 Å². The molecule has 0 atom stereocenters. The summed E-state index contributed by atoms with van der Waals surface area (Å²) in [5, 5.41) is 2.81. The first kappa shape index (κ1) is 23.8. The first-order valence-electron chi connectivity index (χ1n) is 11.1. The highest BCUT2D eigenvalue weighted by molar-refractivity contribution is 5.99. The SMILES string of the molecule is COCCN(CC(=O)Nc1nc(-c2ccccc2)cn1-c1ccccc1)C(=O)c1ccccc1F. The van der Waals surface area contributed by atoms with Crippen LogP contribution in [0.25, 0.3) is 16.9 Å². The smallest absolute Gasteiger partial charge is 0.257 e. The fraction of sp³-hybridized carbons (Fsp3) is 0.148. The van der Waals surface area contributed by atoms with Crippen molar-refractivity contribution in [1.29, 1.82) is 0 Å². The second-order valence-electron chi connectivity index (χ2n) is 7.77. The summed E-state index contributed by atoms with van der Waals surface area (Å²) in [6.07, 6.45) is 1.84. The van der Waals surface area contributed by atoms with Crippen molar-refractivity contribution in [2.75, 3.05) is 32.1 Å². The molecule has 0 aliphatic carbocycles. The summed E-state index contributed by atoms with van der Waals surface area (Å²) in [4.78, 5) is 31.9. The van der Waals surface area contributed by atoms with Crippen molar-refractivity contribution in [3.63, 3.8) is 0 Å². The van der Waals surface area contributed by atoms with Crippen LogP contribution in [0.15, 0.2) is 91.1 Å². The monoisotopic (exact) mass is 472 g/mol. The molecule has 1 aromatic heterocycles. The third kappa shape index (κ3) is 5.80. The molecule has 8 heteroatoms. The minimum absolute atomic E-state index is 0.103. The number of nitrogens with one attached hydrogen (secondary N) is 1. The van der Waals surface area contributed by atoms with Gasteiger partial charge in [0.05, 0.1) is 17.9 Å². The molecule has 35 heavy (non-hydrogen) atoms. The van der Waals surface area contributed by atoms with Crippen molar-refractivity contribution in [2.45, 2.75) is 0 Å². The Balaban J connectivity index is 1.59. The van der Waals surface area contributed by atoms with Crippen molar-refractivity contribution in [3.8, 4) is 16.9 Å². The van der Waals surface area contributed by atoms with Crippen LogP contribution >= 0.6 is 0 Å². The number of anilines is 1. The molecule has 0 radical (unpaired) electrons. The summed E-state index contributed by atoms with van der Waals surface area (Å²) in [5.74, 6) is -1.39. The number of hydrogen-bond acceptors (Lipinski definition) is 4. The van der Waals surface area contributed by atoms with Crippen LogP contribution in [0.4, 0.5) is 10.3 Å². The van der Waals surface area contributed by atoms with E-state index in [1.807, 2.05) is 66.9 Å². The van der Waals surface area contributed by atoms with Gasteiger partial charge in [-0.2, -0.15) is 0 Å². The average Bonchev–Trinajstić information content (AvgIpc) is 3.31. The predicted octanol–water partition coefficient (Wildman–Crippen LogP) is 4.41. The number of nitrogens with zero attached hydrogens (tertiary/aromatic N) is 3. The zero-order valence-electron chi connectivity index (χ0n) is 19.2. The van der Waals surface area contributed by atoms with E-state index >= 15 is 0 Å². The molecule has 178 valence electrons. The van der Waals surface area contributed by atoms with Crippen LogP contribution in [0.2, 0.25) is 0 Å². The number of rotatable bonds is 9. The Labute approximate surface area is 202 Å². The number of hydrogen-bond donors (Lipinski definition) is 1. The summed E-state index contributed by atoms with van der Waals surface area (Å²) in [7, 11) is 1.49. The molecule has 0 aliphatic heterocycles. The number of halogens is 1. The number of benzene rings is 3. The molecule has 0 fully saturated rings. The normalized spacial score (nSPS) is 10.7. The average molecular weight is 473 g/mol. The van der Waals surface area contributed by atoms with E-state index in [0.717, 1.165) is 11.3 Å². The third-order valence-corrected chi connectivity index (χ3v) is 5.35. The van der Waals surface area contributed by atoms with E-state index in [0.29, 0.717) is 11.6 Å². The molecule has 0 saturated heterocycles. The topological polar surface area (TPSA) is 76.5 Å². The lowest BCUT2D eigenvalue weighted by Crippen LogP contribution is -2.40. The van der Waals surface area contributed by atoms with E-state index in [-0.39, 0.29) is 25.3 Å². The Hall–Kier alpha value is -4.30. The lowest BCUT2D eigenvalue weighted by molar-refractivity contribution is -0.117. The summed E-state index contributed by atoms with van der Waals surface area (Å²) >= 11 is 0. The van der Waals surface area contributed by atoms with Gasteiger partial charge in [0, 0.05) is 31.1 Å². The van der Waals surface area contributed by atoms with Crippen molar-refractivity contribution in [2.24, 2.45) is 0 Å². The molecule has 1 N–H and O–H groups in total. The number of amides is 2. The van der Waals surface area contributed by atoms with Crippen LogP contribution in [0, 0.1) is 5.82 Å². The summed E-state index contributed by atoms with van der Waals surface area (Å²) in [6, 6.07) is 24.8. The van der Waals surface area contributed by atoms with E-state index < -0.39 is 17.6 Å². The molecular weight excluding hydrogens is 447 g/mol. The molecule has 2 amide bonds. The third-order valence-electron chi connectivity index (χ3n) is 5.35. The molecule has 1 heterocycles. The summed E-state index contributed by atoms with van der Waals surface area (Å²) in [6.45, 7) is 0.0304. The highest BCUT2D eigenvalue weighted by Gasteiger charge is 2.22. The van der Waals surface area contributed by atoms with E-state index in [1.165, 1.54) is 30.2 Å². The number of methoxy groups -OCH3 is 1. The highest BCUT2D eigenvalue weighted by Crippen LogP contribution is 2.24. The number of aromatic nitrogens is 2. The lowest BCUT2D eigenvalue weighted by atomic mass is 10.2. The van der Waals surface area contributed by atoms with E-state index in [4.69, 9.17) is 4.74 Å². The van der Waals surface area contributed by atoms with Crippen LogP contribution < -0.4 is 5.32 Å². The molecule has 0 unspecified atom stereocenters. The molecule has 0 bridgehead atoms. The van der Waals surface area contributed by atoms with Gasteiger partial charge in [-0.1, -0.05) is 60.7 Å². The molecule has 0 saturated carbocycles. The van der Waals surface area contributed by atoms with Gasteiger partial charge in [-0.15, -0.1) is 0 Å². The number of imidazole rings is 1. The molecule has 0 aliphatic rings. The van der Waals surface area contributed by atoms with Crippen LogP contribution in [-0.2, 0) is 9.53 Å². The quantitative estimate of drug-likeness (QED) is 0.392. The summed E-state index contributed by atoms with van der Waals surface area (Å²) in [5.41, 5.74) is 2.29. The van der Waals surface area contributed by atoms with Crippen molar-refractivity contribution in [3.05, 3.63) is 103 Å². The van der Waals surface area contributed by atoms with E-state index in [1.54, 1.807) is 10.6 Å². The number of ether oxygens (including phenoxy) is 1. The van der Waals surface area contributed by atoms with Gasteiger partial charge < -0.3 is 9.64 Å². The fourth-order valence-electron chi connectivity index (χ4n) is 3.60. The van der Waals surface area contributed by atoms with Gasteiger partial charge in [0.15, 0.2) is 0 Å². The lowest BCUT2D eigenvalue weighted by Gasteiger charge is -2.22. The maximum Gasteiger partial charge on any atom is 0.257 e. The first-order valence-corrected chi connectivity index (χ1v) is 11.1. The molecule has 3 aromatic carbocycles. The molecule has 0 spiro atoms. The molecular formula is C27H25FN4O3. The first-order chi connectivity index (χ1) is 17.1. The maximum absolute atomic E-state index is 14.2. The number of para-hydroxylation sites is 1. The minimum Gasteiger partial charge on any atom is -0.383 e. The zero-order chi connectivity index (χ0) is 24.6. The van der Waals surface area contributed by atoms with Gasteiger partial charge in [-0.05, 0) is 24.3 Å². The van der Waals surface area contributed by atoms with Crippen LogP contribution in [0.1, 0.15) is 10.4 Å². The second kappa shape index (κ2) is 11.2. The van der Waals surface area contributed by atoms with Crippen LogP contribution in [0.5, 0.6) is 0 Å². The second-order valence-corrected chi connectivity index (χ2v) is 7.77. The Bertz CT molecular complexity index is 1290. The zero-order valence-corrected chi connectivity index (χ0v) is 19.2. The highest BCUT2D eigenvalue weighted by atomic mass is 19.1. The summed E-state index contributed by atoms with van der Waals surface area (Å²) < 4.78 is 21.1. The van der Waals surface area contributed by atoms with Gasteiger partial charge in [-0.3, -0.25) is 19.5 Å². The van der Waals surface area contributed by atoms with Gasteiger partial charge in [0.1, 0.15) is 12.4 Å².